The van der Waals surface area contributed by atoms with Crippen LogP contribution in [0.15, 0.2) is 0 Å². The van der Waals surface area contributed by atoms with Crippen LogP contribution < -0.4 is 10.6 Å². The molecule has 0 aromatic rings. The molecule has 96 valence electrons. The van der Waals surface area contributed by atoms with E-state index < -0.39 is 0 Å². The molecule has 0 aliphatic carbocycles. The summed E-state index contributed by atoms with van der Waals surface area (Å²) >= 11 is 0. The monoisotopic (exact) mass is 229 g/mol. The first kappa shape index (κ1) is 15.4. The predicted molar refractivity (Wildman–Crippen MR) is 68.6 cm³/mol. The Morgan fingerprint density at radius 2 is 1.94 bits per heavy atom. The van der Waals surface area contributed by atoms with Gasteiger partial charge in [-0.1, -0.05) is 13.8 Å². The summed E-state index contributed by atoms with van der Waals surface area (Å²) in [6.45, 7) is 10.3. The van der Waals surface area contributed by atoms with Crippen LogP contribution in [-0.2, 0) is 4.79 Å². The lowest BCUT2D eigenvalue weighted by atomic mass is 10.2. The number of amides is 1. The highest BCUT2D eigenvalue weighted by atomic mass is 16.1. The summed E-state index contributed by atoms with van der Waals surface area (Å²) < 4.78 is 0. The molecule has 0 aromatic heterocycles. The van der Waals surface area contributed by atoms with Gasteiger partial charge >= 0.3 is 0 Å². The van der Waals surface area contributed by atoms with Gasteiger partial charge in [0, 0.05) is 19.0 Å². The highest BCUT2D eigenvalue weighted by molar-refractivity contribution is 5.76. The molecule has 0 bridgehead atoms. The molecule has 1 unspecified atom stereocenters. The van der Waals surface area contributed by atoms with E-state index in [2.05, 4.69) is 36.3 Å². The second-order valence-electron chi connectivity index (χ2n) is 4.16. The van der Waals surface area contributed by atoms with Crippen molar-refractivity contribution in [3.05, 3.63) is 0 Å². The Kier molecular flexibility index (Phi) is 9.24. The summed E-state index contributed by atoms with van der Waals surface area (Å²) in [6.07, 6.45) is 1.52. The van der Waals surface area contributed by atoms with E-state index in [4.69, 9.17) is 0 Å². The Morgan fingerprint density at radius 1 is 1.31 bits per heavy atom. The van der Waals surface area contributed by atoms with Gasteiger partial charge in [-0.15, -0.1) is 0 Å². The van der Waals surface area contributed by atoms with Gasteiger partial charge in [0.15, 0.2) is 0 Å². The molecule has 1 amide bonds. The third-order valence-electron chi connectivity index (χ3n) is 2.66. The number of hydrogen-bond donors (Lipinski definition) is 2. The van der Waals surface area contributed by atoms with E-state index in [0.29, 0.717) is 6.42 Å². The van der Waals surface area contributed by atoms with Gasteiger partial charge in [-0.3, -0.25) is 4.79 Å². The summed E-state index contributed by atoms with van der Waals surface area (Å²) in [6, 6.07) is 0.238. The molecule has 0 spiro atoms. The minimum atomic E-state index is 0.162. The molecule has 0 aromatic carbocycles. The van der Waals surface area contributed by atoms with Crippen LogP contribution in [0.3, 0.4) is 0 Å². The topological polar surface area (TPSA) is 44.4 Å². The van der Waals surface area contributed by atoms with Crippen molar-refractivity contribution in [3.63, 3.8) is 0 Å². The van der Waals surface area contributed by atoms with Gasteiger partial charge < -0.3 is 15.5 Å². The van der Waals surface area contributed by atoms with E-state index in [9.17, 15) is 4.79 Å². The van der Waals surface area contributed by atoms with Gasteiger partial charge in [-0.25, -0.2) is 0 Å². The van der Waals surface area contributed by atoms with Crippen LogP contribution in [0.2, 0.25) is 0 Å². The molecule has 4 heteroatoms. The lowest BCUT2D eigenvalue weighted by Gasteiger charge is -2.23. The van der Waals surface area contributed by atoms with Crippen molar-refractivity contribution in [2.45, 2.75) is 39.7 Å². The molecule has 0 saturated carbocycles. The molecule has 16 heavy (non-hydrogen) atoms. The van der Waals surface area contributed by atoms with Gasteiger partial charge in [-0.05, 0) is 40.0 Å². The number of carbonyl (C=O) groups is 1. The number of likely N-dealkylation sites (N-methyl/N-ethyl adjacent to an activating group) is 1. The maximum atomic E-state index is 11.5. The summed E-state index contributed by atoms with van der Waals surface area (Å²) in [4.78, 5) is 13.8. The van der Waals surface area contributed by atoms with Gasteiger partial charge in [0.1, 0.15) is 0 Å². The Bertz CT molecular complexity index is 181. The maximum absolute atomic E-state index is 11.5. The van der Waals surface area contributed by atoms with E-state index in [1.807, 2.05) is 7.05 Å². The van der Waals surface area contributed by atoms with Crippen molar-refractivity contribution in [1.82, 2.24) is 15.5 Å². The SMILES string of the molecule is CCN(CC)CC(C)NC(=O)CCCNC. The van der Waals surface area contributed by atoms with E-state index in [1.54, 1.807) is 0 Å². The Morgan fingerprint density at radius 3 is 2.44 bits per heavy atom. The summed E-state index contributed by atoms with van der Waals surface area (Å²) in [5.74, 6) is 0.162. The zero-order chi connectivity index (χ0) is 12.4. The number of rotatable bonds is 9. The fraction of sp³-hybridized carbons (Fsp3) is 0.917. The summed E-state index contributed by atoms with van der Waals surface area (Å²) in [7, 11) is 1.90. The normalized spacial score (nSPS) is 12.8. The Labute approximate surface area is 99.8 Å². The van der Waals surface area contributed by atoms with Crippen molar-refractivity contribution in [2.75, 3.05) is 33.2 Å². The molecule has 0 saturated heterocycles. The lowest BCUT2D eigenvalue weighted by Crippen LogP contribution is -2.42. The Balaban J connectivity index is 3.68. The molecular formula is C12H27N3O. The molecule has 0 heterocycles. The second-order valence-corrected chi connectivity index (χ2v) is 4.16. The summed E-state index contributed by atoms with van der Waals surface area (Å²) in [5, 5.41) is 6.07. The minimum absolute atomic E-state index is 0.162. The zero-order valence-electron chi connectivity index (χ0n) is 11.2. The number of nitrogens with one attached hydrogen (secondary N) is 2. The summed E-state index contributed by atoms with van der Waals surface area (Å²) in [5.41, 5.74) is 0. The van der Waals surface area contributed by atoms with E-state index in [0.717, 1.165) is 32.6 Å². The number of hydrogen-bond acceptors (Lipinski definition) is 3. The second kappa shape index (κ2) is 9.60. The van der Waals surface area contributed by atoms with E-state index in [-0.39, 0.29) is 11.9 Å². The molecule has 0 aliphatic rings. The number of nitrogens with zero attached hydrogens (tertiary/aromatic N) is 1. The average molecular weight is 229 g/mol. The molecule has 0 aliphatic heterocycles. The van der Waals surface area contributed by atoms with Gasteiger partial charge in [-0.2, -0.15) is 0 Å². The third kappa shape index (κ3) is 7.65. The van der Waals surface area contributed by atoms with Crippen molar-refractivity contribution >= 4 is 5.91 Å². The lowest BCUT2D eigenvalue weighted by molar-refractivity contribution is -0.121. The van der Waals surface area contributed by atoms with Crippen molar-refractivity contribution in [3.8, 4) is 0 Å². The van der Waals surface area contributed by atoms with Crippen molar-refractivity contribution in [2.24, 2.45) is 0 Å². The smallest absolute Gasteiger partial charge is 0.220 e. The highest BCUT2D eigenvalue weighted by Gasteiger charge is 2.09. The fourth-order valence-electron chi connectivity index (χ4n) is 1.69. The first-order valence-corrected chi connectivity index (χ1v) is 6.30. The van der Waals surface area contributed by atoms with Gasteiger partial charge in [0.05, 0.1) is 0 Å². The van der Waals surface area contributed by atoms with Crippen LogP contribution in [0.1, 0.15) is 33.6 Å². The van der Waals surface area contributed by atoms with Gasteiger partial charge in [0.25, 0.3) is 0 Å². The number of carbonyl (C=O) groups excluding carboxylic acids is 1. The van der Waals surface area contributed by atoms with Crippen LogP contribution >= 0.6 is 0 Å². The van der Waals surface area contributed by atoms with Crippen LogP contribution in [0.5, 0.6) is 0 Å². The fourth-order valence-corrected chi connectivity index (χ4v) is 1.69. The molecule has 2 N–H and O–H groups in total. The first-order valence-electron chi connectivity index (χ1n) is 6.30. The highest BCUT2D eigenvalue weighted by Crippen LogP contribution is 1.94. The zero-order valence-corrected chi connectivity index (χ0v) is 11.2. The van der Waals surface area contributed by atoms with Crippen LogP contribution in [0, 0.1) is 0 Å². The van der Waals surface area contributed by atoms with E-state index >= 15 is 0 Å². The molecule has 0 rings (SSSR count). The first-order chi connectivity index (χ1) is 7.63. The molecule has 0 radical (unpaired) electrons. The minimum Gasteiger partial charge on any atom is -0.352 e. The largest absolute Gasteiger partial charge is 0.352 e. The van der Waals surface area contributed by atoms with Gasteiger partial charge in [0.2, 0.25) is 5.91 Å². The Hall–Kier alpha value is -0.610. The quantitative estimate of drug-likeness (QED) is 0.576. The maximum Gasteiger partial charge on any atom is 0.220 e. The molecular weight excluding hydrogens is 202 g/mol. The van der Waals surface area contributed by atoms with Crippen LogP contribution in [0.25, 0.3) is 0 Å². The van der Waals surface area contributed by atoms with Crippen molar-refractivity contribution < 1.29 is 4.79 Å². The van der Waals surface area contributed by atoms with Crippen LogP contribution in [0.4, 0.5) is 0 Å². The van der Waals surface area contributed by atoms with Crippen molar-refractivity contribution in [1.29, 1.82) is 0 Å². The molecule has 4 nitrogen and oxygen atoms in total. The average Bonchev–Trinajstić information content (AvgIpc) is 2.26. The molecule has 0 fully saturated rings. The standard InChI is InChI=1S/C12H27N3O/c1-5-15(6-2)10-11(3)14-12(16)8-7-9-13-4/h11,13H,5-10H2,1-4H3,(H,14,16). The van der Waals surface area contributed by atoms with Crippen LogP contribution in [-0.4, -0.2) is 50.1 Å². The molecule has 1 atom stereocenters. The third-order valence-corrected chi connectivity index (χ3v) is 2.66. The van der Waals surface area contributed by atoms with E-state index in [1.165, 1.54) is 0 Å². The predicted octanol–water partition coefficient (Wildman–Crippen LogP) is 0.833.